The molecule has 0 aliphatic heterocycles. The van der Waals surface area contributed by atoms with Crippen LogP contribution in [0.15, 0.2) is 6.07 Å². The molecular weight excluding hydrogens is 184 g/mol. The molecule has 1 aromatic heterocycles. The maximum Gasteiger partial charge on any atom is 0.0815 e. The van der Waals surface area contributed by atoms with Gasteiger partial charge in [-0.3, -0.25) is 0 Å². The van der Waals surface area contributed by atoms with Crippen LogP contribution >= 0.6 is 11.3 Å². The number of carboxylic acids is 1. The van der Waals surface area contributed by atoms with Crippen molar-refractivity contribution in [2.75, 3.05) is 0 Å². The summed E-state index contributed by atoms with van der Waals surface area (Å²) in [6.45, 7) is 2.21. The van der Waals surface area contributed by atoms with Crippen molar-refractivity contribution in [1.29, 1.82) is 0 Å². The second-order valence-corrected chi connectivity index (χ2v) is 4.83. The zero-order chi connectivity index (χ0) is 9.42. The Morgan fingerprint density at radius 3 is 3.15 bits per heavy atom. The molecule has 1 heterocycles. The van der Waals surface area contributed by atoms with E-state index < -0.39 is 5.97 Å². The topological polar surface area (TPSA) is 40.1 Å². The number of hydrogen-bond donors (Lipinski definition) is 0. The molecule has 13 heavy (non-hydrogen) atoms. The second-order valence-electron chi connectivity index (χ2n) is 3.69. The number of fused-ring (bicyclic) bond motifs is 1. The van der Waals surface area contributed by atoms with E-state index in [2.05, 4.69) is 6.92 Å². The second kappa shape index (κ2) is 3.14. The molecule has 0 N–H and O–H groups in total. The number of carboxylic acid groups (broad SMARTS) is 1. The zero-order valence-corrected chi connectivity index (χ0v) is 8.32. The van der Waals surface area contributed by atoms with E-state index in [4.69, 9.17) is 0 Å². The summed E-state index contributed by atoms with van der Waals surface area (Å²) in [6.07, 6.45) is 3.24. The van der Waals surface area contributed by atoms with Crippen molar-refractivity contribution >= 4 is 17.3 Å². The van der Waals surface area contributed by atoms with Gasteiger partial charge >= 0.3 is 0 Å². The van der Waals surface area contributed by atoms with Gasteiger partial charge in [-0.2, -0.15) is 0 Å². The van der Waals surface area contributed by atoms with Gasteiger partial charge in [0.25, 0.3) is 0 Å². The highest BCUT2D eigenvalue weighted by atomic mass is 32.1. The summed E-state index contributed by atoms with van der Waals surface area (Å²) in [4.78, 5) is 12.2. The van der Waals surface area contributed by atoms with Crippen LogP contribution in [-0.4, -0.2) is 5.97 Å². The van der Waals surface area contributed by atoms with Gasteiger partial charge in [0, 0.05) is 4.88 Å². The highest BCUT2D eigenvalue weighted by molar-refractivity contribution is 7.14. The molecule has 2 rings (SSSR count). The fourth-order valence-corrected chi connectivity index (χ4v) is 2.85. The summed E-state index contributed by atoms with van der Waals surface area (Å²) in [7, 11) is 0. The zero-order valence-electron chi connectivity index (χ0n) is 7.50. The smallest absolute Gasteiger partial charge is 0.0815 e. The molecule has 2 nitrogen and oxygen atoms in total. The lowest BCUT2D eigenvalue weighted by molar-refractivity contribution is -0.254. The third-order valence-electron chi connectivity index (χ3n) is 2.53. The molecule has 0 saturated heterocycles. The van der Waals surface area contributed by atoms with Crippen molar-refractivity contribution in [3.05, 3.63) is 21.4 Å². The third kappa shape index (κ3) is 1.61. The van der Waals surface area contributed by atoms with Gasteiger partial charge in [-0.25, -0.2) is 0 Å². The molecule has 0 spiro atoms. The molecule has 0 amide bonds. The van der Waals surface area contributed by atoms with Crippen LogP contribution in [0.1, 0.15) is 33.5 Å². The van der Waals surface area contributed by atoms with Crippen LogP contribution in [0.3, 0.4) is 0 Å². The quantitative estimate of drug-likeness (QED) is 0.676. The molecular formula is C10H11O2S-. The van der Waals surface area contributed by atoms with E-state index in [9.17, 15) is 9.90 Å². The minimum atomic E-state index is -1.04. The summed E-state index contributed by atoms with van der Waals surface area (Å²) in [5, 5.41) is 10.6. The SMILES string of the molecule is C[C@H]1CCc2sc(C(=O)[O-])cc2C1. The van der Waals surface area contributed by atoms with Gasteiger partial charge < -0.3 is 9.90 Å². The van der Waals surface area contributed by atoms with Gasteiger partial charge in [0.15, 0.2) is 0 Å². The first-order chi connectivity index (χ1) is 6.16. The van der Waals surface area contributed by atoms with E-state index >= 15 is 0 Å². The Labute approximate surface area is 81.2 Å². The van der Waals surface area contributed by atoms with Gasteiger partial charge in [0.05, 0.1) is 10.8 Å². The predicted octanol–water partition coefficient (Wildman–Crippen LogP) is 1.24. The van der Waals surface area contributed by atoms with Crippen molar-refractivity contribution in [3.63, 3.8) is 0 Å². The van der Waals surface area contributed by atoms with Crippen LogP contribution in [0.4, 0.5) is 0 Å². The van der Waals surface area contributed by atoms with Gasteiger partial charge in [-0.1, -0.05) is 6.92 Å². The Bertz CT molecular complexity index is 341. The maximum absolute atomic E-state index is 10.6. The van der Waals surface area contributed by atoms with E-state index in [1.165, 1.54) is 28.2 Å². The number of thiophene rings is 1. The summed E-state index contributed by atoms with van der Waals surface area (Å²) in [5.74, 6) is -0.344. The molecule has 1 aliphatic rings. The van der Waals surface area contributed by atoms with Crippen LogP contribution in [0.25, 0.3) is 0 Å². The van der Waals surface area contributed by atoms with Gasteiger partial charge in [-0.05, 0) is 36.8 Å². The van der Waals surface area contributed by atoms with Crippen molar-refractivity contribution < 1.29 is 9.90 Å². The predicted molar refractivity (Wildman–Crippen MR) is 49.8 cm³/mol. The van der Waals surface area contributed by atoms with Crippen molar-refractivity contribution in [2.45, 2.75) is 26.2 Å². The number of carbonyl (C=O) groups is 1. The van der Waals surface area contributed by atoms with Crippen molar-refractivity contribution in [3.8, 4) is 0 Å². The molecule has 0 bridgehead atoms. The summed E-state index contributed by atoms with van der Waals surface area (Å²) < 4.78 is 0. The van der Waals surface area contributed by atoms with Crippen molar-refractivity contribution in [2.24, 2.45) is 5.92 Å². The molecule has 0 aromatic carbocycles. The molecule has 1 aliphatic carbocycles. The van der Waals surface area contributed by atoms with E-state index in [1.807, 2.05) is 0 Å². The molecule has 70 valence electrons. The molecule has 0 unspecified atom stereocenters. The Hall–Kier alpha value is -0.830. The number of rotatable bonds is 1. The van der Waals surface area contributed by atoms with E-state index in [0.717, 1.165) is 12.8 Å². The fourth-order valence-electron chi connectivity index (χ4n) is 1.81. The summed E-state index contributed by atoms with van der Waals surface area (Å²) in [5.41, 5.74) is 1.22. The third-order valence-corrected chi connectivity index (χ3v) is 3.75. The van der Waals surface area contributed by atoms with Gasteiger partial charge in [0.2, 0.25) is 0 Å². The minimum Gasteiger partial charge on any atom is -0.544 e. The van der Waals surface area contributed by atoms with Crippen molar-refractivity contribution in [1.82, 2.24) is 0 Å². The van der Waals surface area contributed by atoms with E-state index in [1.54, 1.807) is 6.07 Å². The average Bonchev–Trinajstić information content (AvgIpc) is 2.46. The van der Waals surface area contributed by atoms with Gasteiger partial charge in [0.1, 0.15) is 0 Å². The molecule has 1 aromatic rings. The van der Waals surface area contributed by atoms with E-state index in [0.29, 0.717) is 10.8 Å². The number of carbonyl (C=O) groups excluding carboxylic acids is 1. The minimum absolute atomic E-state index is 0.388. The van der Waals surface area contributed by atoms with Crippen LogP contribution < -0.4 is 5.11 Å². The normalized spacial score (nSPS) is 21.2. The van der Waals surface area contributed by atoms with Gasteiger partial charge in [-0.15, -0.1) is 11.3 Å². The monoisotopic (exact) mass is 195 g/mol. The summed E-state index contributed by atoms with van der Waals surface area (Å²) in [6, 6.07) is 1.78. The first-order valence-corrected chi connectivity index (χ1v) is 5.31. The Morgan fingerprint density at radius 2 is 2.46 bits per heavy atom. The Balaban J connectivity index is 2.33. The fraction of sp³-hybridized carbons (Fsp3) is 0.500. The van der Waals surface area contributed by atoms with Crippen LogP contribution in [-0.2, 0) is 12.8 Å². The van der Waals surface area contributed by atoms with E-state index in [-0.39, 0.29) is 0 Å². The Kier molecular flexibility index (Phi) is 2.12. The van der Waals surface area contributed by atoms with Crippen LogP contribution in [0.5, 0.6) is 0 Å². The molecule has 1 atom stereocenters. The lowest BCUT2D eigenvalue weighted by atomic mass is 9.90. The number of hydrogen-bond acceptors (Lipinski definition) is 3. The molecule has 0 fully saturated rings. The lowest BCUT2D eigenvalue weighted by Gasteiger charge is -2.16. The Morgan fingerprint density at radius 1 is 1.69 bits per heavy atom. The first kappa shape index (κ1) is 8.75. The lowest BCUT2D eigenvalue weighted by Crippen LogP contribution is -2.20. The molecule has 0 saturated carbocycles. The highest BCUT2D eigenvalue weighted by Gasteiger charge is 2.18. The number of aromatic carboxylic acids is 1. The van der Waals surface area contributed by atoms with Crippen LogP contribution in [0, 0.1) is 5.92 Å². The van der Waals surface area contributed by atoms with Crippen LogP contribution in [0.2, 0.25) is 0 Å². The molecule has 3 heteroatoms. The largest absolute Gasteiger partial charge is 0.544 e. The maximum atomic E-state index is 10.6. The first-order valence-electron chi connectivity index (χ1n) is 4.49. The highest BCUT2D eigenvalue weighted by Crippen LogP contribution is 2.31. The standard InChI is InChI=1S/C10H12O2S/c1-6-2-3-8-7(4-6)5-9(13-8)10(11)12/h5-6H,2-4H2,1H3,(H,11,12)/p-1/t6-/m0/s1. The average molecular weight is 195 g/mol. The molecule has 0 radical (unpaired) electrons. The number of aryl methyl sites for hydroxylation is 1. The summed E-state index contributed by atoms with van der Waals surface area (Å²) >= 11 is 1.38.